The summed E-state index contributed by atoms with van der Waals surface area (Å²) in [7, 11) is 0. The lowest BCUT2D eigenvalue weighted by atomic mass is 9.91. The van der Waals surface area contributed by atoms with E-state index in [1.807, 2.05) is 109 Å². The van der Waals surface area contributed by atoms with Gasteiger partial charge in [-0.15, -0.1) is 0 Å². The summed E-state index contributed by atoms with van der Waals surface area (Å²) in [6.45, 7) is 0. The quantitative estimate of drug-likeness (QED) is 0.172. The second-order valence-electron chi connectivity index (χ2n) is 11.9. The van der Waals surface area contributed by atoms with Crippen molar-refractivity contribution in [2.24, 2.45) is 0 Å². The third-order valence-electron chi connectivity index (χ3n) is 9.06. The molecule has 0 spiro atoms. The Morgan fingerprint density at radius 1 is 0.360 bits per heavy atom. The smallest absolute Gasteiger partial charge is 0.136 e. The van der Waals surface area contributed by atoms with Crippen molar-refractivity contribution in [3.8, 4) is 22.3 Å². The van der Waals surface area contributed by atoms with E-state index in [9.17, 15) is 9.60 Å². The largest absolute Gasteiger partial charge is 0.456 e. The van der Waals surface area contributed by atoms with E-state index in [2.05, 4.69) is 0 Å². The minimum Gasteiger partial charge on any atom is -0.456 e. The van der Waals surface area contributed by atoms with Crippen LogP contribution in [0.3, 0.4) is 0 Å². The van der Waals surface area contributed by atoms with Crippen LogP contribution >= 0.6 is 0 Å². The van der Waals surface area contributed by atoms with Gasteiger partial charge in [-0.05, 0) is 104 Å². The van der Waals surface area contributed by atoms with E-state index >= 15 is 0 Å². The summed E-state index contributed by atoms with van der Waals surface area (Å²) in [5.74, 6) is 0. The lowest BCUT2D eigenvalue weighted by molar-refractivity contribution is 0.669. The van der Waals surface area contributed by atoms with E-state index in [-0.39, 0.29) is 66.0 Å². The van der Waals surface area contributed by atoms with Gasteiger partial charge in [-0.1, -0.05) is 133 Å². The fourth-order valence-electron chi connectivity index (χ4n) is 6.74. The first-order valence-electron chi connectivity index (χ1n) is 22.5. The molecule has 0 radical (unpaired) electrons. The molecule has 9 aromatic carbocycles. The van der Waals surface area contributed by atoms with Crippen LogP contribution in [0.4, 0.5) is 17.1 Å². The van der Waals surface area contributed by atoms with Gasteiger partial charge in [0, 0.05) is 33.2 Å². The van der Waals surface area contributed by atoms with Crippen molar-refractivity contribution in [3.05, 3.63) is 188 Å². The molecule has 0 aliphatic heterocycles. The van der Waals surface area contributed by atoms with Crippen LogP contribution in [0.25, 0.3) is 76.5 Å². The highest BCUT2D eigenvalue weighted by Crippen LogP contribution is 2.45. The highest BCUT2D eigenvalue weighted by molar-refractivity contribution is 6.34. The van der Waals surface area contributed by atoms with Gasteiger partial charge in [-0.25, -0.2) is 0 Å². The summed E-state index contributed by atoms with van der Waals surface area (Å²) in [5.41, 5.74) is 4.05. The van der Waals surface area contributed by atoms with Gasteiger partial charge in [0.25, 0.3) is 0 Å². The maximum Gasteiger partial charge on any atom is 0.136 e. The Balaban J connectivity index is 1.39. The van der Waals surface area contributed by atoms with Crippen LogP contribution in [0, 0.1) is 0 Å². The molecule has 0 amide bonds. The lowest BCUT2D eigenvalue weighted by Crippen LogP contribution is -2.10. The van der Waals surface area contributed by atoms with Gasteiger partial charge in [-0.2, -0.15) is 0 Å². The summed E-state index contributed by atoms with van der Waals surface area (Å²) in [6, 6.07) is 27.3. The van der Waals surface area contributed by atoms with Crippen molar-refractivity contribution in [1.29, 1.82) is 0 Å². The van der Waals surface area contributed by atoms with Gasteiger partial charge in [-0.3, -0.25) is 0 Å². The number of rotatable bonds is 5. The highest BCUT2D eigenvalue weighted by atomic mass is 16.3. The van der Waals surface area contributed by atoms with E-state index in [4.69, 9.17) is 12.6 Å². The maximum atomic E-state index is 10.1. The number of fused-ring (bicyclic) bond motifs is 10. The Bertz CT molecular complexity index is 3490. The van der Waals surface area contributed by atoms with Crippen LogP contribution in [-0.2, 0) is 0 Å². The van der Waals surface area contributed by atoms with Crippen molar-refractivity contribution < 1.29 is 22.2 Å². The molecule has 2 nitrogen and oxygen atoms in total. The number of benzene rings is 9. The Kier molecular flexibility index (Phi) is 4.19. The molecule has 1 heterocycles. The van der Waals surface area contributed by atoms with E-state index in [1.54, 1.807) is 4.90 Å². The van der Waals surface area contributed by atoms with Crippen LogP contribution in [0.1, 0.15) is 17.8 Å². The fourth-order valence-corrected chi connectivity index (χ4v) is 6.74. The lowest BCUT2D eigenvalue weighted by Gasteiger charge is -2.27. The minimum atomic E-state index is -0.651. The van der Waals surface area contributed by atoms with Gasteiger partial charge in [0.15, 0.2) is 0 Å². The van der Waals surface area contributed by atoms with Crippen molar-refractivity contribution in [3.63, 3.8) is 0 Å². The number of hydrogen-bond donors (Lipinski definition) is 0. The molecular weight excluding hydrogens is 607 g/mol. The molecule has 0 fully saturated rings. The van der Waals surface area contributed by atoms with Crippen molar-refractivity contribution in [2.45, 2.75) is 0 Å². The summed E-state index contributed by atoms with van der Waals surface area (Å²) in [6.07, 6.45) is 0. The SMILES string of the molecule is [2H]c1c([2H])c([2H])c2c(oc3c([2H])c([2H])c4c5c([2H])c(N(c6ccc(-c7ccccc7)cc6)c6ccc(-c7ccccc7)cc6)c([2H])c([2H])c5c5c([2H])c([2H])c([2H])c([2H])c5c4c32)c1[2H]. The van der Waals surface area contributed by atoms with Crippen molar-refractivity contribution in [1.82, 2.24) is 0 Å². The van der Waals surface area contributed by atoms with E-state index < -0.39 is 72.5 Å². The normalized spacial score (nSPS) is 15.2. The molecule has 1 aromatic heterocycles. The average molecular weight is 651 g/mol. The second-order valence-corrected chi connectivity index (χ2v) is 11.9. The number of anilines is 3. The molecule has 0 atom stereocenters. The summed E-state index contributed by atoms with van der Waals surface area (Å²) in [5, 5.41) is -1.33. The molecule has 0 unspecified atom stereocenters. The van der Waals surface area contributed by atoms with E-state index in [1.165, 1.54) is 0 Å². The summed E-state index contributed by atoms with van der Waals surface area (Å²) in [4.78, 5) is 1.66. The van der Waals surface area contributed by atoms with Crippen molar-refractivity contribution in [2.75, 3.05) is 4.90 Å². The van der Waals surface area contributed by atoms with E-state index in [0.717, 1.165) is 22.3 Å². The highest BCUT2D eigenvalue weighted by Gasteiger charge is 2.19. The van der Waals surface area contributed by atoms with E-state index in [0.29, 0.717) is 11.4 Å². The Hall–Kier alpha value is -6.64. The third kappa shape index (κ3) is 4.57. The summed E-state index contributed by atoms with van der Waals surface area (Å²) < 4.78 is 125. The molecule has 10 rings (SSSR count). The molecular formula is C48H31NO. The van der Waals surface area contributed by atoms with Crippen LogP contribution in [-0.4, -0.2) is 0 Å². The first-order chi connectivity index (χ1) is 30.2. The fraction of sp³-hybridized carbons (Fsp3) is 0. The number of hydrogen-bond acceptors (Lipinski definition) is 2. The minimum absolute atomic E-state index is 0.0843. The number of furan rings is 1. The van der Waals surface area contributed by atoms with Gasteiger partial charge >= 0.3 is 0 Å². The predicted molar refractivity (Wildman–Crippen MR) is 212 cm³/mol. The average Bonchev–Trinajstić information content (AvgIpc) is 3.72. The summed E-state index contributed by atoms with van der Waals surface area (Å²) >= 11 is 0. The Labute approximate surface area is 308 Å². The first-order valence-corrected chi connectivity index (χ1v) is 16.0. The third-order valence-corrected chi connectivity index (χ3v) is 9.06. The van der Waals surface area contributed by atoms with Gasteiger partial charge in [0.05, 0.1) is 17.8 Å². The van der Waals surface area contributed by atoms with Gasteiger partial charge < -0.3 is 9.32 Å². The topological polar surface area (TPSA) is 16.4 Å². The predicted octanol–water partition coefficient (Wildman–Crippen LogP) is 13.8. The molecule has 0 aliphatic rings. The molecule has 2 heteroatoms. The number of nitrogens with zero attached hydrogens (tertiary/aromatic N) is 1. The van der Waals surface area contributed by atoms with Gasteiger partial charge in [0.2, 0.25) is 0 Å². The molecule has 0 saturated heterocycles. The molecule has 0 aliphatic carbocycles. The maximum absolute atomic E-state index is 10.1. The van der Waals surface area contributed by atoms with Crippen LogP contribution in [0.5, 0.6) is 0 Å². The zero-order chi connectivity index (χ0) is 44.3. The zero-order valence-corrected chi connectivity index (χ0v) is 26.2. The molecule has 234 valence electrons. The molecule has 0 N–H and O–H groups in total. The molecule has 0 bridgehead atoms. The monoisotopic (exact) mass is 650 g/mol. The standard InChI is InChI=1S/C48H31NO/c1-3-11-32(12-4-1)34-19-23-36(24-20-34)49(37-25-21-35(22-26-37)33-13-5-2-6-14-33)38-27-28-40-39-15-7-8-16-41(39)47-42(44(40)31-38)29-30-46-48(47)43-17-9-10-18-45(43)50-46/h1-31H/i7D,8D,9D,10D,15D,16D,17D,18D,27D,28D,29D,30D,31D. The molecule has 0 saturated carbocycles. The van der Waals surface area contributed by atoms with Crippen LogP contribution < -0.4 is 4.90 Å². The second kappa shape index (κ2) is 11.5. The zero-order valence-electron chi connectivity index (χ0n) is 39.2. The Morgan fingerprint density at radius 3 is 1.50 bits per heavy atom. The molecule has 10 aromatic rings. The van der Waals surface area contributed by atoms with Crippen LogP contribution in [0.15, 0.2) is 192 Å². The van der Waals surface area contributed by atoms with Crippen molar-refractivity contribution >= 4 is 71.3 Å². The van der Waals surface area contributed by atoms with Crippen LogP contribution in [0.2, 0.25) is 0 Å². The number of para-hydroxylation sites is 1. The Morgan fingerprint density at radius 2 is 0.860 bits per heavy atom. The van der Waals surface area contributed by atoms with Gasteiger partial charge in [0.1, 0.15) is 11.2 Å². The first kappa shape index (κ1) is 18.2. The molecule has 50 heavy (non-hydrogen) atoms.